The van der Waals surface area contributed by atoms with Crippen LogP contribution in [-0.2, 0) is 11.5 Å². The van der Waals surface area contributed by atoms with Gasteiger partial charge >= 0.3 is 0 Å². The third-order valence-electron chi connectivity index (χ3n) is 4.17. The standard InChI is InChI=1S/C15H19N5O2/c1-16-14(21)11-6-8-19(9-7-11)10-20-15(22)12-4-2-3-5-13(12)17-18-20/h2-5,11H,6-10H2,1H3,(H,16,21). The van der Waals surface area contributed by atoms with Gasteiger partial charge < -0.3 is 5.32 Å². The first kappa shape index (κ1) is 14.6. The van der Waals surface area contributed by atoms with Crippen molar-refractivity contribution in [3.05, 3.63) is 34.6 Å². The second-order valence-electron chi connectivity index (χ2n) is 5.56. The molecule has 0 saturated carbocycles. The van der Waals surface area contributed by atoms with Crippen molar-refractivity contribution in [1.29, 1.82) is 0 Å². The Kier molecular flexibility index (Phi) is 4.15. The summed E-state index contributed by atoms with van der Waals surface area (Å²) in [7, 11) is 1.67. The smallest absolute Gasteiger partial charge is 0.278 e. The molecule has 1 aromatic carbocycles. The van der Waals surface area contributed by atoms with Crippen molar-refractivity contribution in [3.8, 4) is 0 Å². The minimum absolute atomic E-state index is 0.0701. The molecule has 1 amide bonds. The number of piperidine rings is 1. The third kappa shape index (κ3) is 2.85. The lowest BCUT2D eigenvalue weighted by Gasteiger charge is -2.30. The summed E-state index contributed by atoms with van der Waals surface area (Å²) in [6.45, 7) is 1.97. The van der Waals surface area contributed by atoms with Crippen LogP contribution in [0.4, 0.5) is 0 Å². The summed E-state index contributed by atoms with van der Waals surface area (Å²) in [6, 6.07) is 7.21. The zero-order valence-corrected chi connectivity index (χ0v) is 12.5. The zero-order valence-electron chi connectivity index (χ0n) is 12.5. The minimum Gasteiger partial charge on any atom is -0.359 e. The van der Waals surface area contributed by atoms with Gasteiger partial charge in [0.1, 0.15) is 5.52 Å². The van der Waals surface area contributed by atoms with Crippen molar-refractivity contribution < 1.29 is 4.79 Å². The van der Waals surface area contributed by atoms with Crippen molar-refractivity contribution in [1.82, 2.24) is 25.2 Å². The first-order chi connectivity index (χ1) is 10.7. The first-order valence-electron chi connectivity index (χ1n) is 7.45. The molecular weight excluding hydrogens is 282 g/mol. The summed E-state index contributed by atoms with van der Waals surface area (Å²) in [5.41, 5.74) is 0.487. The molecule has 2 heterocycles. The van der Waals surface area contributed by atoms with E-state index in [1.54, 1.807) is 19.2 Å². The number of nitrogens with zero attached hydrogens (tertiary/aromatic N) is 4. The molecule has 0 spiro atoms. The molecule has 116 valence electrons. The number of carbonyl (C=O) groups is 1. The number of hydrogen-bond acceptors (Lipinski definition) is 5. The van der Waals surface area contributed by atoms with Gasteiger partial charge in [0.15, 0.2) is 0 Å². The second kappa shape index (κ2) is 6.23. The van der Waals surface area contributed by atoms with Crippen LogP contribution in [0.1, 0.15) is 12.8 Å². The van der Waals surface area contributed by atoms with Crippen LogP contribution in [0.5, 0.6) is 0 Å². The molecule has 1 aromatic heterocycles. The van der Waals surface area contributed by atoms with Gasteiger partial charge in [-0.2, -0.15) is 4.68 Å². The fraction of sp³-hybridized carbons (Fsp3) is 0.467. The van der Waals surface area contributed by atoms with E-state index in [0.29, 0.717) is 17.6 Å². The Labute approximate surface area is 127 Å². The number of aromatic nitrogens is 3. The molecule has 1 aliphatic rings. The molecular formula is C15H19N5O2. The number of nitrogens with one attached hydrogen (secondary N) is 1. The SMILES string of the molecule is CNC(=O)C1CCN(Cn2nnc3ccccc3c2=O)CC1. The summed E-state index contributed by atoms with van der Waals surface area (Å²) < 4.78 is 1.39. The Morgan fingerprint density at radius 3 is 2.77 bits per heavy atom. The van der Waals surface area contributed by atoms with E-state index in [9.17, 15) is 9.59 Å². The van der Waals surface area contributed by atoms with Gasteiger partial charge in [-0.25, -0.2) is 0 Å². The van der Waals surface area contributed by atoms with Gasteiger partial charge in [-0.05, 0) is 25.0 Å². The number of carbonyl (C=O) groups excluding carboxylic acids is 1. The van der Waals surface area contributed by atoms with Crippen molar-refractivity contribution >= 4 is 16.8 Å². The highest BCUT2D eigenvalue weighted by Crippen LogP contribution is 2.17. The normalized spacial score (nSPS) is 16.8. The summed E-state index contributed by atoms with van der Waals surface area (Å²) >= 11 is 0. The molecule has 22 heavy (non-hydrogen) atoms. The maximum atomic E-state index is 12.4. The first-order valence-corrected chi connectivity index (χ1v) is 7.45. The Hall–Kier alpha value is -2.28. The largest absolute Gasteiger partial charge is 0.359 e. The van der Waals surface area contributed by atoms with Gasteiger partial charge in [0.2, 0.25) is 5.91 Å². The van der Waals surface area contributed by atoms with Crippen LogP contribution in [-0.4, -0.2) is 45.9 Å². The highest BCUT2D eigenvalue weighted by atomic mass is 16.2. The third-order valence-corrected chi connectivity index (χ3v) is 4.17. The topological polar surface area (TPSA) is 80.1 Å². The zero-order chi connectivity index (χ0) is 15.5. The summed E-state index contributed by atoms with van der Waals surface area (Å²) in [4.78, 5) is 26.1. The van der Waals surface area contributed by atoms with Gasteiger partial charge in [-0.1, -0.05) is 17.3 Å². The maximum Gasteiger partial charge on any atom is 0.278 e. The number of hydrogen-bond donors (Lipinski definition) is 1. The number of likely N-dealkylation sites (tertiary alicyclic amines) is 1. The molecule has 7 heteroatoms. The van der Waals surface area contributed by atoms with Crippen molar-refractivity contribution in [2.75, 3.05) is 20.1 Å². The Morgan fingerprint density at radius 1 is 1.32 bits per heavy atom. The minimum atomic E-state index is -0.126. The Morgan fingerprint density at radius 2 is 2.05 bits per heavy atom. The molecule has 0 aliphatic carbocycles. The van der Waals surface area contributed by atoms with Crippen LogP contribution in [0.2, 0.25) is 0 Å². The van der Waals surface area contributed by atoms with Crippen molar-refractivity contribution in [3.63, 3.8) is 0 Å². The van der Waals surface area contributed by atoms with Crippen LogP contribution in [0.3, 0.4) is 0 Å². The lowest BCUT2D eigenvalue weighted by molar-refractivity contribution is -0.126. The van der Waals surface area contributed by atoms with Crippen LogP contribution in [0.15, 0.2) is 29.1 Å². The van der Waals surface area contributed by atoms with Crippen LogP contribution < -0.4 is 10.9 Å². The molecule has 0 unspecified atom stereocenters. The summed E-state index contributed by atoms with van der Waals surface area (Å²) in [5.74, 6) is 0.169. The number of rotatable bonds is 3. The maximum absolute atomic E-state index is 12.4. The van der Waals surface area contributed by atoms with E-state index in [-0.39, 0.29) is 17.4 Å². The van der Waals surface area contributed by atoms with Gasteiger partial charge in [-0.3, -0.25) is 14.5 Å². The fourth-order valence-corrected chi connectivity index (χ4v) is 2.85. The number of fused-ring (bicyclic) bond motifs is 1. The van der Waals surface area contributed by atoms with Gasteiger partial charge in [0.25, 0.3) is 5.56 Å². The average molecular weight is 301 g/mol. The summed E-state index contributed by atoms with van der Waals surface area (Å²) in [5, 5.41) is 11.4. The van der Waals surface area contributed by atoms with Gasteiger partial charge in [0.05, 0.1) is 12.1 Å². The fourth-order valence-electron chi connectivity index (χ4n) is 2.85. The molecule has 1 N–H and O–H groups in total. The second-order valence-corrected chi connectivity index (χ2v) is 5.56. The highest BCUT2D eigenvalue weighted by molar-refractivity contribution is 5.78. The monoisotopic (exact) mass is 301 g/mol. The average Bonchev–Trinajstić information content (AvgIpc) is 2.57. The van der Waals surface area contributed by atoms with E-state index in [1.807, 2.05) is 12.1 Å². The molecule has 1 fully saturated rings. The van der Waals surface area contributed by atoms with Gasteiger partial charge in [-0.15, -0.1) is 5.10 Å². The lowest BCUT2D eigenvalue weighted by Crippen LogP contribution is -2.42. The molecule has 2 aromatic rings. The van der Waals surface area contributed by atoms with Crippen molar-refractivity contribution in [2.45, 2.75) is 19.5 Å². The molecule has 1 saturated heterocycles. The Balaban J connectivity index is 1.71. The molecule has 0 bridgehead atoms. The predicted molar refractivity (Wildman–Crippen MR) is 82.2 cm³/mol. The van der Waals surface area contributed by atoms with E-state index in [4.69, 9.17) is 0 Å². The van der Waals surface area contributed by atoms with Crippen molar-refractivity contribution in [2.24, 2.45) is 5.92 Å². The molecule has 7 nitrogen and oxygen atoms in total. The van der Waals surface area contributed by atoms with E-state index >= 15 is 0 Å². The molecule has 3 rings (SSSR count). The quantitative estimate of drug-likeness (QED) is 0.876. The van der Waals surface area contributed by atoms with E-state index in [2.05, 4.69) is 20.5 Å². The van der Waals surface area contributed by atoms with E-state index in [1.165, 1.54) is 4.68 Å². The highest BCUT2D eigenvalue weighted by Gasteiger charge is 2.24. The predicted octanol–water partition coefficient (Wildman–Crippen LogP) is 0.207. The van der Waals surface area contributed by atoms with Crippen LogP contribution in [0.25, 0.3) is 10.9 Å². The molecule has 0 radical (unpaired) electrons. The summed E-state index contributed by atoms with van der Waals surface area (Å²) in [6.07, 6.45) is 1.60. The van der Waals surface area contributed by atoms with Gasteiger partial charge in [0, 0.05) is 26.1 Å². The number of benzene rings is 1. The van der Waals surface area contributed by atoms with E-state index < -0.39 is 0 Å². The van der Waals surface area contributed by atoms with E-state index in [0.717, 1.165) is 25.9 Å². The molecule has 0 atom stereocenters. The lowest BCUT2D eigenvalue weighted by atomic mass is 9.96. The Bertz CT molecular complexity index is 734. The van der Waals surface area contributed by atoms with Crippen LogP contribution in [0, 0.1) is 5.92 Å². The number of amides is 1. The van der Waals surface area contributed by atoms with Crippen LogP contribution >= 0.6 is 0 Å². The molecule has 1 aliphatic heterocycles.